The highest BCUT2D eigenvalue weighted by Crippen LogP contribution is 2.23. The van der Waals surface area contributed by atoms with Gasteiger partial charge in [0.05, 0.1) is 17.8 Å². The number of methoxy groups -OCH3 is 1. The third-order valence-corrected chi connectivity index (χ3v) is 3.09. The van der Waals surface area contributed by atoms with E-state index >= 15 is 0 Å². The molecule has 4 nitrogen and oxygen atoms in total. The number of thiazole rings is 1. The van der Waals surface area contributed by atoms with Gasteiger partial charge in [-0.25, -0.2) is 9.78 Å². The fourth-order valence-corrected chi connectivity index (χ4v) is 2.13. The molecule has 0 aliphatic rings. The largest absolute Gasteiger partial charge is 0.464 e. The fourth-order valence-electron chi connectivity index (χ4n) is 1.51. The number of hydrogen-bond acceptors (Lipinski definition) is 4. The summed E-state index contributed by atoms with van der Waals surface area (Å²) >= 11 is 1.59. The number of carbonyl (C=O) groups is 1. The van der Waals surface area contributed by atoms with E-state index in [1.54, 1.807) is 22.0 Å². The van der Waals surface area contributed by atoms with E-state index in [1.807, 2.05) is 25.5 Å². The van der Waals surface area contributed by atoms with E-state index in [9.17, 15) is 4.79 Å². The third-order valence-electron chi connectivity index (χ3n) is 2.31. The first-order valence-corrected chi connectivity index (χ1v) is 5.67. The molecule has 16 heavy (non-hydrogen) atoms. The lowest BCUT2D eigenvalue weighted by Gasteiger charge is -1.98. The molecule has 0 aliphatic heterocycles. The highest BCUT2D eigenvalue weighted by atomic mass is 32.1. The van der Waals surface area contributed by atoms with Crippen LogP contribution in [0.3, 0.4) is 0 Å². The molecule has 2 aromatic heterocycles. The second kappa shape index (κ2) is 4.09. The Morgan fingerprint density at radius 3 is 2.88 bits per heavy atom. The lowest BCUT2D eigenvalue weighted by atomic mass is 10.2. The minimum atomic E-state index is -0.333. The quantitative estimate of drug-likeness (QED) is 0.751. The average Bonchev–Trinajstić information content (AvgIpc) is 2.83. The van der Waals surface area contributed by atoms with Crippen molar-refractivity contribution in [3.63, 3.8) is 0 Å². The molecule has 0 saturated carbocycles. The lowest BCUT2D eigenvalue weighted by Crippen LogP contribution is -2.06. The van der Waals surface area contributed by atoms with E-state index in [1.165, 1.54) is 7.11 Å². The maximum atomic E-state index is 11.4. The maximum Gasteiger partial charge on any atom is 0.354 e. The van der Waals surface area contributed by atoms with Crippen molar-refractivity contribution in [2.24, 2.45) is 7.05 Å². The van der Waals surface area contributed by atoms with Gasteiger partial charge in [-0.05, 0) is 13.0 Å². The lowest BCUT2D eigenvalue weighted by molar-refractivity contribution is 0.0590. The van der Waals surface area contributed by atoms with Crippen LogP contribution in [-0.2, 0) is 11.8 Å². The van der Waals surface area contributed by atoms with Gasteiger partial charge in [-0.2, -0.15) is 0 Å². The van der Waals surface area contributed by atoms with Crippen LogP contribution in [0.2, 0.25) is 0 Å². The molecule has 0 atom stereocenters. The highest BCUT2D eigenvalue weighted by Gasteiger charge is 2.13. The number of esters is 1. The van der Waals surface area contributed by atoms with Crippen LogP contribution in [0.25, 0.3) is 11.3 Å². The van der Waals surface area contributed by atoms with Gasteiger partial charge in [0.1, 0.15) is 5.69 Å². The summed E-state index contributed by atoms with van der Waals surface area (Å²) in [7, 11) is 3.19. The van der Waals surface area contributed by atoms with Gasteiger partial charge in [0.15, 0.2) is 0 Å². The molecule has 0 fully saturated rings. The van der Waals surface area contributed by atoms with Crippen molar-refractivity contribution in [1.82, 2.24) is 9.55 Å². The maximum absolute atomic E-state index is 11.4. The monoisotopic (exact) mass is 236 g/mol. The number of nitrogens with zero attached hydrogens (tertiary/aromatic N) is 2. The molecule has 5 heteroatoms. The number of aromatic nitrogens is 2. The highest BCUT2D eigenvalue weighted by molar-refractivity contribution is 7.09. The normalized spacial score (nSPS) is 10.4. The summed E-state index contributed by atoms with van der Waals surface area (Å²) in [6.45, 7) is 1.96. The van der Waals surface area contributed by atoms with Gasteiger partial charge in [0, 0.05) is 24.2 Å². The van der Waals surface area contributed by atoms with E-state index in [2.05, 4.69) is 4.98 Å². The third kappa shape index (κ3) is 1.86. The Kier molecular flexibility index (Phi) is 2.78. The van der Waals surface area contributed by atoms with E-state index in [4.69, 9.17) is 4.74 Å². The van der Waals surface area contributed by atoms with E-state index in [0.717, 1.165) is 16.3 Å². The van der Waals surface area contributed by atoms with Crippen LogP contribution in [0, 0.1) is 6.92 Å². The summed E-state index contributed by atoms with van der Waals surface area (Å²) in [6, 6.07) is 1.79. The first-order chi connectivity index (χ1) is 7.61. The Balaban J connectivity index is 2.41. The minimum absolute atomic E-state index is 0.333. The van der Waals surface area contributed by atoms with Crippen molar-refractivity contribution in [2.45, 2.75) is 6.92 Å². The second-order valence-corrected chi connectivity index (χ2v) is 4.53. The van der Waals surface area contributed by atoms with Gasteiger partial charge < -0.3 is 9.30 Å². The Morgan fingerprint density at radius 1 is 1.56 bits per heavy atom. The molecule has 2 heterocycles. The summed E-state index contributed by atoms with van der Waals surface area (Å²) in [5.74, 6) is -0.333. The molecular weight excluding hydrogens is 224 g/mol. The first kappa shape index (κ1) is 10.9. The van der Waals surface area contributed by atoms with Crippen LogP contribution in [0.4, 0.5) is 0 Å². The van der Waals surface area contributed by atoms with Crippen molar-refractivity contribution in [1.29, 1.82) is 0 Å². The average molecular weight is 236 g/mol. The summed E-state index contributed by atoms with van der Waals surface area (Å²) in [4.78, 5) is 15.8. The van der Waals surface area contributed by atoms with Gasteiger partial charge in [-0.3, -0.25) is 0 Å². The molecule has 0 N–H and O–H groups in total. The van der Waals surface area contributed by atoms with E-state index in [-0.39, 0.29) is 5.97 Å². The van der Waals surface area contributed by atoms with Crippen molar-refractivity contribution >= 4 is 17.3 Å². The number of ether oxygens (including phenoxy) is 1. The van der Waals surface area contributed by atoms with Gasteiger partial charge in [-0.15, -0.1) is 11.3 Å². The van der Waals surface area contributed by atoms with Gasteiger partial charge in [0.2, 0.25) is 0 Å². The molecular formula is C11H12N2O2S. The van der Waals surface area contributed by atoms with E-state index < -0.39 is 0 Å². The smallest absolute Gasteiger partial charge is 0.354 e. The fraction of sp³-hybridized carbons (Fsp3) is 0.273. The number of rotatable bonds is 2. The first-order valence-electron chi connectivity index (χ1n) is 4.79. The van der Waals surface area contributed by atoms with Gasteiger partial charge >= 0.3 is 5.97 Å². The Bertz CT molecular complexity index is 528. The predicted molar refractivity (Wildman–Crippen MR) is 62.6 cm³/mol. The zero-order valence-electron chi connectivity index (χ0n) is 9.35. The molecule has 0 unspecified atom stereocenters. The molecule has 0 aliphatic carbocycles. The molecule has 84 valence electrons. The zero-order valence-corrected chi connectivity index (χ0v) is 10.2. The summed E-state index contributed by atoms with van der Waals surface area (Å²) in [6.07, 6.45) is 1.88. The van der Waals surface area contributed by atoms with Crippen molar-refractivity contribution in [2.75, 3.05) is 7.11 Å². The molecule has 0 aromatic carbocycles. The molecule has 0 saturated heterocycles. The van der Waals surface area contributed by atoms with Crippen LogP contribution in [-0.4, -0.2) is 22.6 Å². The Hall–Kier alpha value is -1.62. The van der Waals surface area contributed by atoms with Crippen LogP contribution in [0.5, 0.6) is 0 Å². The van der Waals surface area contributed by atoms with Crippen LogP contribution >= 0.6 is 11.3 Å². The minimum Gasteiger partial charge on any atom is -0.464 e. The molecule has 0 spiro atoms. The standard InChI is InChI=1S/C11H12N2O2S/c1-7-12-9(6-16-7)8-4-10(11(14)15-3)13(2)5-8/h4-6H,1-3H3. The van der Waals surface area contributed by atoms with Crippen molar-refractivity contribution < 1.29 is 9.53 Å². The SMILES string of the molecule is COC(=O)c1cc(-c2csc(C)n2)cn1C. The Labute approximate surface area is 97.5 Å². The van der Waals surface area contributed by atoms with Crippen LogP contribution in [0.15, 0.2) is 17.6 Å². The number of carbonyl (C=O) groups excluding carboxylic acids is 1. The van der Waals surface area contributed by atoms with Gasteiger partial charge in [-0.1, -0.05) is 0 Å². The van der Waals surface area contributed by atoms with E-state index in [0.29, 0.717) is 5.69 Å². The molecule has 0 bridgehead atoms. The number of hydrogen-bond donors (Lipinski definition) is 0. The molecule has 0 radical (unpaired) electrons. The van der Waals surface area contributed by atoms with Crippen molar-refractivity contribution in [3.8, 4) is 11.3 Å². The second-order valence-electron chi connectivity index (χ2n) is 3.47. The number of aryl methyl sites for hydroxylation is 2. The summed E-state index contributed by atoms with van der Waals surface area (Å²) < 4.78 is 6.44. The topological polar surface area (TPSA) is 44.1 Å². The van der Waals surface area contributed by atoms with Crippen LogP contribution < -0.4 is 0 Å². The molecule has 2 rings (SSSR count). The van der Waals surface area contributed by atoms with Crippen molar-refractivity contribution in [3.05, 3.63) is 28.3 Å². The zero-order chi connectivity index (χ0) is 11.7. The van der Waals surface area contributed by atoms with Gasteiger partial charge in [0.25, 0.3) is 0 Å². The predicted octanol–water partition coefficient (Wildman–Crippen LogP) is 2.24. The molecule has 0 amide bonds. The Morgan fingerprint density at radius 2 is 2.31 bits per heavy atom. The van der Waals surface area contributed by atoms with Crippen LogP contribution in [0.1, 0.15) is 15.5 Å². The molecule has 2 aromatic rings. The summed E-state index contributed by atoms with van der Waals surface area (Å²) in [5.41, 5.74) is 2.36. The summed E-state index contributed by atoms with van der Waals surface area (Å²) in [5, 5.41) is 2.99.